The molecule has 10 rings (SSSR count). The topological polar surface area (TPSA) is 79.9 Å². The normalized spacial score (nSPS) is 11.6. The second-order valence-corrected chi connectivity index (χ2v) is 14.3. The number of ether oxygens (including phenoxy) is 2. The molecule has 5 aromatic heterocycles. The molecule has 0 saturated heterocycles. The molecule has 0 amide bonds. The first-order valence-corrected chi connectivity index (χ1v) is 18.8. The van der Waals surface area contributed by atoms with Gasteiger partial charge in [0.2, 0.25) is 0 Å². The Kier molecular flexibility index (Phi) is 8.21. The van der Waals surface area contributed by atoms with Gasteiger partial charge in [-0.25, -0.2) is 19.9 Å². The monoisotopic (exact) mass is 728 g/mol. The molecule has 0 radical (unpaired) electrons. The van der Waals surface area contributed by atoms with E-state index in [-0.39, 0.29) is 0 Å². The van der Waals surface area contributed by atoms with Crippen LogP contribution in [0.3, 0.4) is 0 Å². The van der Waals surface area contributed by atoms with E-state index in [9.17, 15) is 0 Å². The van der Waals surface area contributed by atoms with Crippen molar-refractivity contribution in [3.05, 3.63) is 170 Å². The van der Waals surface area contributed by atoms with Gasteiger partial charge in [-0.3, -0.25) is 9.13 Å². The van der Waals surface area contributed by atoms with Crippen LogP contribution in [0.25, 0.3) is 66.6 Å². The Morgan fingerprint density at radius 1 is 0.464 bits per heavy atom. The first-order valence-electron chi connectivity index (χ1n) is 18.8. The number of aromatic nitrogens is 6. The quantitative estimate of drug-likeness (QED) is 0.147. The fraction of sp³-hybridized carbons (Fsp3) is 0.0833. The number of hydrogen-bond donors (Lipinski definition) is 0. The highest BCUT2D eigenvalue weighted by atomic mass is 16.5. The van der Waals surface area contributed by atoms with Crippen LogP contribution in [-0.2, 0) is 6.42 Å². The van der Waals surface area contributed by atoms with Crippen LogP contribution < -0.4 is 9.47 Å². The molecule has 5 heterocycles. The summed E-state index contributed by atoms with van der Waals surface area (Å²) in [7, 11) is 0. The second-order valence-electron chi connectivity index (χ2n) is 14.3. The third kappa shape index (κ3) is 5.88. The van der Waals surface area contributed by atoms with Crippen molar-refractivity contribution < 1.29 is 9.47 Å². The molecule has 0 aliphatic carbocycles. The third-order valence-electron chi connectivity index (χ3n) is 10.1. The highest BCUT2D eigenvalue weighted by Crippen LogP contribution is 2.43. The van der Waals surface area contributed by atoms with Crippen LogP contribution in [0.1, 0.15) is 19.4 Å². The van der Waals surface area contributed by atoms with Crippen molar-refractivity contribution in [3.63, 3.8) is 0 Å². The summed E-state index contributed by atoms with van der Waals surface area (Å²) in [6.45, 7) is 4.41. The standard InChI is InChI=1S/C48H36N6O2/c1-31(2)26-39-44(55-33-18-20-37-35-12-3-5-14-40(35)53(42(37)29-33)46-16-7-9-22-49-46)27-32(48-51-24-11-25-52-48)28-45(39)56-34-19-21-38-36-13-4-6-15-41(36)54(43(38)30-34)47-17-8-10-23-50-47/h3-25,27-31H,26H2,1-2H3. The summed E-state index contributed by atoms with van der Waals surface area (Å²) in [6, 6.07) is 47.2. The summed E-state index contributed by atoms with van der Waals surface area (Å²) in [5, 5.41) is 4.54. The van der Waals surface area contributed by atoms with Crippen molar-refractivity contribution in [1.82, 2.24) is 29.1 Å². The van der Waals surface area contributed by atoms with Gasteiger partial charge in [0, 0.05) is 69.6 Å². The van der Waals surface area contributed by atoms with Gasteiger partial charge < -0.3 is 9.47 Å². The largest absolute Gasteiger partial charge is 0.457 e. The molecule has 0 unspecified atom stereocenters. The minimum Gasteiger partial charge on any atom is -0.457 e. The number of nitrogens with zero attached hydrogens (tertiary/aromatic N) is 6. The van der Waals surface area contributed by atoms with E-state index >= 15 is 0 Å². The predicted molar refractivity (Wildman–Crippen MR) is 223 cm³/mol. The lowest BCUT2D eigenvalue weighted by atomic mass is 9.98. The van der Waals surface area contributed by atoms with Crippen LogP contribution in [-0.4, -0.2) is 29.1 Å². The van der Waals surface area contributed by atoms with Crippen molar-refractivity contribution in [2.75, 3.05) is 0 Å². The lowest BCUT2D eigenvalue weighted by molar-refractivity contribution is 0.442. The summed E-state index contributed by atoms with van der Waals surface area (Å²) >= 11 is 0. The van der Waals surface area contributed by atoms with Crippen LogP contribution in [0.4, 0.5) is 0 Å². The molecule has 270 valence electrons. The van der Waals surface area contributed by atoms with Crippen molar-refractivity contribution in [2.45, 2.75) is 20.3 Å². The maximum Gasteiger partial charge on any atom is 0.159 e. The molecule has 0 bridgehead atoms. The van der Waals surface area contributed by atoms with E-state index in [0.717, 1.165) is 66.4 Å². The maximum atomic E-state index is 6.95. The first kappa shape index (κ1) is 33.3. The Bertz CT molecular complexity index is 2850. The molecule has 0 N–H and O–H groups in total. The molecule has 0 aliphatic rings. The molecule has 0 atom stereocenters. The maximum absolute atomic E-state index is 6.95. The van der Waals surface area contributed by atoms with Crippen LogP contribution in [0.15, 0.2) is 164 Å². The molecule has 8 heteroatoms. The van der Waals surface area contributed by atoms with Crippen LogP contribution >= 0.6 is 0 Å². The number of fused-ring (bicyclic) bond motifs is 6. The van der Waals surface area contributed by atoms with Gasteiger partial charge in [-0.2, -0.15) is 0 Å². The van der Waals surface area contributed by atoms with Gasteiger partial charge in [-0.1, -0.05) is 62.4 Å². The van der Waals surface area contributed by atoms with Gasteiger partial charge in [-0.05, 0) is 91.2 Å². The number of benzene rings is 5. The Morgan fingerprint density at radius 2 is 0.929 bits per heavy atom. The minimum absolute atomic E-state index is 0.307. The molecule has 5 aromatic carbocycles. The highest BCUT2D eigenvalue weighted by molar-refractivity contribution is 6.10. The molecule has 0 spiro atoms. The van der Waals surface area contributed by atoms with Crippen LogP contribution in [0, 0.1) is 5.92 Å². The molecule has 56 heavy (non-hydrogen) atoms. The molecule has 0 aliphatic heterocycles. The van der Waals surface area contributed by atoms with Gasteiger partial charge >= 0.3 is 0 Å². The van der Waals surface area contributed by atoms with E-state index < -0.39 is 0 Å². The van der Waals surface area contributed by atoms with Crippen LogP contribution in [0.5, 0.6) is 23.0 Å². The molecular weight excluding hydrogens is 693 g/mol. The van der Waals surface area contributed by atoms with E-state index in [1.807, 2.05) is 79.1 Å². The highest BCUT2D eigenvalue weighted by Gasteiger charge is 2.21. The SMILES string of the molecule is CC(C)Cc1c(Oc2ccc3c4ccccc4n(-c4ccccn4)c3c2)cc(-c2ncccn2)cc1Oc1ccc2c3ccccc3n(-c3ccccn3)c2c1. The van der Waals surface area contributed by atoms with Crippen molar-refractivity contribution in [2.24, 2.45) is 5.92 Å². The van der Waals surface area contributed by atoms with E-state index in [1.54, 1.807) is 12.4 Å². The third-order valence-corrected chi connectivity index (χ3v) is 10.1. The average molecular weight is 729 g/mol. The zero-order valence-electron chi connectivity index (χ0n) is 30.9. The molecule has 0 saturated carbocycles. The fourth-order valence-corrected chi connectivity index (χ4v) is 7.74. The molecular formula is C48H36N6O2. The number of para-hydroxylation sites is 2. The Balaban J connectivity index is 1.13. The zero-order valence-corrected chi connectivity index (χ0v) is 30.9. The number of pyridine rings is 2. The van der Waals surface area contributed by atoms with Crippen molar-refractivity contribution >= 4 is 43.6 Å². The van der Waals surface area contributed by atoms with Crippen molar-refractivity contribution in [1.29, 1.82) is 0 Å². The predicted octanol–water partition coefficient (Wildman–Crippen LogP) is 11.9. The van der Waals surface area contributed by atoms with E-state index in [0.29, 0.717) is 41.2 Å². The number of hydrogen-bond acceptors (Lipinski definition) is 6. The van der Waals surface area contributed by atoms with E-state index in [1.165, 1.54) is 0 Å². The van der Waals surface area contributed by atoms with Gasteiger partial charge in [0.25, 0.3) is 0 Å². The summed E-state index contributed by atoms with van der Waals surface area (Å²) in [5.74, 6) is 5.33. The lowest BCUT2D eigenvalue weighted by Crippen LogP contribution is -2.03. The number of rotatable bonds is 9. The second kappa shape index (κ2) is 13.8. The zero-order chi connectivity index (χ0) is 37.6. The Morgan fingerprint density at radius 3 is 1.41 bits per heavy atom. The van der Waals surface area contributed by atoms with Crippen molar-refractivity contribution in [3.8, 4) is 46.0 Å². The summed E-state index contributed by atoms with van der Waals surface area (Å²) in [6.07, 6.45) is 7.86. The summed E-state index contributed by atoms with van der Waals surface area (Å²) < 4.78 is 18.3. The fourth-order valence-electron chi connectivity index (χ4n) is 7.74. The molecule has 8 nitrogen and oxygen atoms in total. The summed E-state index contributed by atoms with van der Waals surface area (Å²) in [4.78, 5) is 18.7. The minimum atomic E-state index is 0.307. The van der Waals surface area contributed by atoms with Gasteiger partial charge in [0.15, 0.2) is 5.82 Å². The molecule has 10 aromatic rings. The van der Waals surface area contributed by atoms with Gasteiger partial charge in [0.05, 0.1) is 22.1 Å². The van der Waals surface area contributed by atoms with Crippen LogP contribution in [0.2, 0.25) is 0 Å². The van der Waals surface area contributed by atoms with E-state index in [4.69, 9.17) is 19.4 Å². The summed E-state index contributed by atoms with van der Waals surface area (Å²) in [5.41, 5.74) is 5.91. The average Bonchev–Trinajstić information content (AvgIpc) is 3.75. The van der Waals surface area contributed by atoms with Gasteiger partial charge in [0.1, 0.15) is 34.6 Å². The lowest BCUT2D eigenvalue weighted by Gasteiger charge is -2.19. The first-order chi connectivity index (χ1) is 27.6. The van der Waals surface area contributed by atoms with Gasteiger partial charge in [-0.15, -0.1) is 0 Å². The Labute approximate surface area is 323 Å². The molecule has 0 fully saturated rings. The van der Waals surface area contributed by atoms with E-state index in [2.05, 4.69) is 106 Å². The Hall–Kier alpha value is -7.32. The smallest absolute Gasteiger partial charge is 0.159 e.